The maximum Gasteiger partial charge on any atom is 0.322 e. The molecule has 3 aromatic rings. The fourth-order valence-corrected chi connectivity index (χ4v) is 2.96. The average Bonchev–Trinajstić information content (AvgIpc) is 3.05. The lowest BCUT2D eigenvalue weighted by molar-refractivity contribution is 0.102. The topological polar surface area (TPSA) is 68.0 Å². The van der Waals surface area contributed by atoms with Gasteiger partial charge in [0.2, 0.25) is 5.89 Å². The largest absolute Gasteiger partial charge is 0.407 e. The zero-order chi connectivity index (χ0) is 17.6. The number of aromatic nitrogens is 2. The second-order valence-corrected chi connectivity index (χ2v) is 6.91. The Morgan fingerprint density at radius 1 is 1.08 bits per heavy atom. The number of hydrogen-bond donors (Lipinski definition) is 1. The van der Waals surface area contributed by atoms with Crippen molar-refractivity contribution in [3.8, 4) is 0 Å². The van der Waals surface area contributed by atoms with E-state index in [9.17, 15) is 4.79 Å². The molecular weight excluding hydrogens is 334 g/mol. The molecule has 0 saturated carbocycles. The van der Waals surface area contributed by atoms with Gasteiger partial charge in [-0.15, -0.1) is 16.9 Å². The van der Waals surface area contributed by atoms with Crippen LogP contribution in [0.25, 0.3) is 0 Å². The van der Waals surface area contributed by atoms with E-state index in [0.717, 1.165) is 16.2 Å². The van der Waals surface area contributed by atoms with Gasteiger partial charge in [0.05, 0.1) is 6.42 Å². The van der Waals surface area contributed by atoms with Crippen molar-refractivity contribution in [3.05, 3.63) is 71.1 Å². The van der Waals surface area contributed by atoms with Crippen molar-refractivity contribution in [3.63, 3.8) is 0 Å². The van der Waals surface area contributed by atoms with Gasteiger partial charge in [-0.3, -0.25) is 10.1 Å². The van der Waals surface area contributed by atoms with Crippen molar-refractivity contribution in [2.75, 3.05) is 11.1 Å². The van der Waals surface area contributed by atoms with E-state index in [4.69, 9.17) is 4.42 Å². The van der Waals surface area contributed by atoms with Gasteiger partial charge in [-0.05, 0) is 42.5 Å². The van der Waals surface area contributed by atoms with E-state index in [-0.39, 0.29) is 11.9 Å². The van der Waals surface area contributed by atoms with Crippen LogP contribution in [-0.4, -0.2) is 21.9 Å². The number of anilines is 1. The standard InChI is InChI=1S/C19H19N3O2S/c1-3-25-16-10-8-15(9-11-16)18(23)20-19-22-21-17(24-19)12-14-6-4-13(2)5-7-14/h4-11H,3,12H2,1-2H3,(H,20,22,23). The van der Waals surface area contributed by atoms with E-state index >= 15 is 0 Å². The van der Waals surface area contributed by atoms with Crippen LogP contribution in [0, 0.1) is 6.92 Å². The Balaban J connectivity index is 1.62. The molecule has 0 aliphatic carbocycles. The van der Waals surface area contributed by atoms with E-state index in [2.05, 4.69) is 22.4 Å². The summed E-state index contributed by atoms with van der Waals surface area (Å²) in [6.45, 7) is 4.13. The Bertz CT molecular complexity index is 842. The van der Waals surface area contributed by atoms with Crippen molar-refractivity contribution in [2.45, 2.75) is 25.2 Å². The van der Waals surface area contributed by atoms with Gasteiger partial charge in [0, 0.05) is 10.5 Å². The van der Waals surface area contributed by atoms with Crippen LogP contribution in [0.3, 0.4) is 0 Å². The summed E-state index contributed by atoms with van der Waals surface area (Å²) < 4.78 is 5.51. The Morgan fingerprint density at radius 3 is 2.48 bits per heavy atom. The zero-order valence-corrected chi connectivity index (χ0v) is 15.0. The zero-order valence-electron chi connectivity index (χ0n) is 14.2. The molecule has 0 bridgehead atoms. The highest BCUT2D eigenvalue weighted by atomic mass is 32.2. The molecule has 5 nitrogen and oxygen atoms in total. The number of nitrogens with one attached hydrogen (secondary N) is 1. The van der Waals surface area contributed by atoms with Crippen molar-refractivity contribution >= 4 is 23.7 Å². The minimum absolute atomic E-state index is 0.110. The van der Waals surface area contributed by atoms with Crippen LogP contribution >= 0.6 is 11.8 Å². The molecule has 1 aromatic heterocycles. The molecule has 0 unspecified atom stereocenters. The normalized spacial score (nSPS) is 10.6. The van der Waals surface area contributed by atoms with Gasteiger partial charge in [-0.1, -0.05) is 41.9 Å². The number of amides is 1. The first-order chi connectivity index (χ1) is 12.1. The van der Waals surface area contributed by atoms with E-state index in [1.807, 2.05) is 43.3 Å². The molecule has 6 heteroatoms. The molecule has 0 aliphatic heterocycles. The quantitative estimate of drug-likeness (QED) is 0.668. The predicted octanol–water partition coefficient (Wildman–Crippen LogP) is 4.33. The molecular formula is C19H19N3O2S. The monoisotopic (exact) mass is 353 g/mol. The molecule has 0 spiro atoms. The Kier molecular flexibility index (Phi) is 5.50. The summed E-state index contributed by atoms with van der Waals surface area (Å²) in [5, 5.41) is 10.5. The molecule has 1 N–H and O–H groups in total. The molecule has 0 atom stereocenters. The smallest absolute Gasteiger partial charge is 0.322 e. The number of rotatable bonds is 6. The van der Waals surface area contributed by atoms with Crippen LogP contribution < -0.4 is 5.32 Å². The van der Waals surface area contributed by atoms with Crippen molar-refractivity contribution in [2.24, 2.45) is 0 Å². The molecule has 0 radical (unpaired) electrons. The lowest BCUT2D eigenvalue weighted by atomic mass is 10.1. The van der Waals surface area contributed by atoms with E-state index in [1.165, 1.54) is 5.56 Å². The third kappa shape index (κ3) is 4.70. The third-order valence-corrected chi connectivity index (χ3v) is 4.48. The van der Waals surface area contributed by atoms with Crippen molar-refractivity contribution < 1.29 is 9.21 Å². The number of carbonyl (C=O) groups excluding carboxylic acids is 1. The fraction of sp³-hybridized carbons (Fsp3) is 0.211. The van der Waals surface area contributed by atoms with Crippen molar-refractivity contribution in [1.82, 2.24) is 10.2 Å². The average molecular weight is 353 g/mol. The Labute approximate surface area is 150 Å². The van der Waals surface area contributed by atoms with Crippen LogP contribution in [0.4, 0.5) is 6.01 Å². The minimum Gasteiger partial charge on any atom is -0.407 e. The lowest BCUT2D eigenvalue weighted by Crippen LogP contribution is -2.11. The lowest BCUT2D eigenvalue weighted by Gasteiger charge is -2.02. The Morgan fingerprint density at radius 2 is 1.80 bits per heavy atom. The third-order valence-electron chi connectivity index (χ3n) is 3.59. The van der Waals surface area contributed by atoms with Gasteiger partial charge < -0.3 is 4.42 Å². The summed E-state index contributed by atoms with van der Waals surface area (Å²) in [6.07, 6.45) is 0.534. The first-order valence-electron chi connectivity index (χ1n) is 8.06. The number of carbonyl (C=O) groups is 1. The van der Waals surface area contributed by atoms with Gasteiger partial charge in [0.1, 0.15) is 0 Å². The Hall–Kier alpha value is -2.60. The van der Waals surface area contributed by atoms with Crippen LogP contribution in [0.1, 0.15) is 34.3 Å². The van der Waals surface area contributed by atoms with E-state index in [1.54, 1.807) is 23.9 Å². The molecule has 0 aliphatic rings. The van der Waals surface area contributed by atoms with E-state index < -0.39 is 0 Å². The molecule has 25 heavy (non-hydrogen) atoms. The summed E-state index contributed by atoms with van der Waals surface area (Å²) in [4.78, 5) is 13.4. The van der Waals surface area contributed by atoms with Crippen LogP contribution in [0.5, 0.6) is 0 Å². The maximum atomic E-state index is 12.2. The summed E-state index contributed by atoms with van der Waals surface area (Å²) in [5.41, 5.74) is 2.83. The van der Waals surface area contributed by atoms with Crippen LogP contribution in [0.15, 0.2) is 57.8 Å². The molecule has 0 saturated heterocycles. The maximum absolute atomic E-state index is 12.2. The predicted molar refractivity (Wildman–Crippen MR) is 99.1 cm³/mol. The molecule has 1 amide bonds. The van der Waals surface area contributed by atoms with E-state index in [0.29, 0.717) is 17.9 Å². The van der Waals surface area contributed by atoms with Gasteiger partial charge >= 0.3 is 6.01 Å². The highest BCUT2D eigenvalue weighted by Crippen LogP contribution is 2.18. The molecule has 2 aromatic carbocycles. The van der Waals surface area contributed by atoms with Gasteiger partial charge in [-0.25, -0.2) is 0 Å². The fourth-order valence-electron chi connectivity index (χ4n) is 2.29. The van der Waals surface area contributed by atoms with Crippen LogP contribution in [-0.2, 0) is 6.42 Å². The second-order valence-electron chi connectivity index (χ2n) is 5.57. The highest BCUT2D eigenvalue weighted by molar-refractivity contribution is 7.99. The molecule has 0 fully saturated rings. The highest BCUT2D eigenvalue weighted by Gasteiger charge is 2.12. The van der Waals surface area contributed by atoms with Crippen LogP contribution in [0.2, 0.25) is 0 Å². The SMILES string of the molecule is CCSc1ccc(C(=O)Nc2nnc(Cc3ccc(C)cc3)o2)cc1. The first-order valence-corrected chi connectivity index (χ1v) is 9.04. The van der Waals surface area contributed by atoms with Gasteiger partial charge in [0.15, 0.2) is 0 Å². The van der Waals surface area contributed by atoms with Crippen molar-refractivity contribution in [1.29, 1.82) is 0 Å². The molecule has 1 heterocycles. The summed E-state index contributed by atoms with van der Waals surface area (Å²) >= 11 is 1.73. The van der Waals surface area contributed by atoms with Gasteiger partial charge in [0.25, 0.3) is 5.91 Å². The number of aryl methyl sites for hydroxylation is 1. The second kappa shape index (κ2) is 7.98. The number of hydrogen-bond acceptors (Lipinski definition) is 5. The molecule has 128 valence electrons. The number of nitrogens with zero attached hydrogens (tertiary/aromatic N) is 2. The summed E-state index contributed by atoms with van der Waals surface area (Å²) in [5.74, 6) is 1.20. The first kappa shape index (κ1) is 17.2. The summed E-state index contributed by atoms with van der Waals surface area (Å²) in [7, 11) is 0. The summed E-state index contributed by atoms with van der Waals surface area (Å²) in [6, 6.07) is 15.7. The minimum atomic E-state index is -0.265. The number of benzene rings is 2. The molecule has 3 rings (SSSR count). The van der Waals surface area contributed by atoms with Gasteiger partial charge in [-0.2, -0.15) is 0 Å². The number of thioether (sulfide) groups is 1.